The zero-order valence-corrected chi connectivity index (χ0v) is 66.4. The molecular formula is C77H105N15O18S2. The number of thioether (sulfide) groups is 2. The van der Waals surface area contributed by atoms with Crippen molar-refractivity contribution in [3.63, 3.8) is 0 Å². The number of phenols is 2. The highest BCUT2D eigenvalue weighted by atomic mass is 32.2. The molecule has 0 aliphatic carbocycles. The van der Waals surface area contributed by atoms with Crippen LogP contribution in [0.4, 0.5) is 0 Å². The van der Waals surface area contributed by atoms with E-state index in [1.54, 1.807) is 59.0 Å². The predicted octanol–water partition coefficient (Wildman–Crippen LogP) is -0.0786. The topological polar surface area (TPSA) is 502 Å². The summed E-state index contributed by atoms with van der Waals surface area (Å²) in [5, 5.41) is 72.5. The van der Waals surface area contributed by atoms with Gasteiger partial charge in [0.2, 0.25) is 76.8 Å². The van der Waals surface area contributed by atoms with Crippen LogP contribution in [0.5, 0.6) is 11.5 Å². The second kappa shape index (κ2) is 39.7. The number of carbonyl (C=O) groups excluding carboxylic acids is 13. The van der Waals surface area contributed by atoms with E-state index in [2.05, 4.69) is 68.5 Å². The molecule has 608 valence electrons. The van der Waals surface area contributed by atoms with E-state index in [-0.39, 0.29) is 67.4 Å². The van der Waals surface area contributed by atoms with E-state index < -0.39 is 178 Å². The fourth-order valence-corrected chi connectivity index (χ4v) is 14.7. The first kappa shape index (κ1) is 88.9. The first-order valence-electron chi connectivity index (χ1n) is 36.7. The third kappa shape index (κ3) is 24.3. The Kier molecular flexibility index (Phi) is 31.5. The van der Waals surface area contributed by atoms with Gasteiger partial charge in [-0.3, -0.25) is 62.3 Å². The molecule has 1 unspecified atom stereocenters. The second-order valence-electron chi connectivity index (χ2n) is 30.1. The highest BCUT2D eigenvalue weighted by Crippen LogP contribution is 2.27. The summed E-state index contributed by atoms with van der Waals surface area (Å²) in [7, 11) is 1.23. The highest BCUT2D eigenvalue weighted by Gasteiger charge is 2.46. The lowest BCUT2D eigenvalue weighted by atomic mass is 9.85. The number of aromatic amines is 1. The number of H-pyrrole nitrogens is 1. The minimum atomic E-state index is -2.09. The van der Waals surface area contributed by atoms with E-state index in [0.717, 1.165) is 11.1 Å². The quantitative estimate of drug-likeness (QED) is 0.0733. The van der Waals surface area contributed by atoms with Crippen LogP contribution in [0.3, 0.4) is 0 Å². The van der Waals surface area contributed by atoms with Gasteiger partial charge in [0.05, 0.1) is 18.8 Å². The fraction of sp³-hybridized carbons (Fsp3) is 0.506. The van der Waals surface area contributed by atoms with Crippen LogP contribution in [0, 0.1) is 11.3 Å². The van der Waals surface area contributed by atoms with Gasteiger partial charge in [-0.25, -0.2) is 4.98 Å². The van der Waals surface area contributed by atoms with E-state index in [0.29, 0.717) is 33.5 Å². The normalized spacial score (nSPS) is 26.2. The average Bonchev–Trinajstić information content (AvgIpc) is 1.43. The fourth-order valence-electron chi connectivity index (χ4n) is 12.7. The molecule has 2 aliphatic heterocycles. The van der Waals surface area contributed by atoms with Gasteiger partial charge in [-0.2, -0.15) is 23.5 Å². The summed E-state index contributed by atoms with van der Waals surface area (Å²) in [5.41, 5.74) is 4.04. The number of rotatable bonds is 13. The van der Waals surface area contributed by atoms with Gasteiger partial charge in [0.15, 0.2) is 0 Å². The van der Waals surface area contributed by atoms with E-state index in [4.69, 9.17) is 10.5 Å². The molecule has 0 saturated carbocycles. The molecule has 3 aromatic carbocycles. The van der Waals surface area contributed by atoms with E-state index in [1.807, 2.05) is 18.2 Å². The predicted molar refractivity (Wildman–Crippen MR) is 417 cm³/mol. The van der Waals surface area contributed by atoms with Crippen molar-refractivity contribution >= 4 is 111 Å². The van der Waals surface area contributed by atoms with Crippen LogP contribution in [-0.4, -0.2) is 228 Å². The lowest BCUT2D eigenvalue weighted by Gasteiger charge is -2.36. The number of nitrogens with two attached hydrogens (primary N) is 1. The number of aliphatic hydroxyl groups is 2. The molecule has 4 heterocycles. The van der Waals surface area contributed by atoms with Crippen molar-refractivity contribution in [3.8, 4) is 11.5 Å². The Morgan fingerprint density at radius 3 is 1.78 bits per heavy atom. The Labute approximate surface area is 657 Å². The summed E-state index contributed by atoms with van der Waals surface area (Å²) in [6, 6.07) is 7.17. The number of hydrogen-bond acceptors (Lipinski definition) is 21. The van der Waals surface area contributed by atoms with Crippen molar-refractivity contribution in [2.75, 3.05) is 31.8 Å². The molecule has 0 spiro atoms. The number of nitrogens with one attached hydrogen (secondary N) is 12. The number of benzene rings is 3. The molecule has 14 atom stereocenters. The maximum atomic E-state index is 15.2. The van der Waals surface area contributed by atoms with Gasteiger partial charge in [0, 0.05) is 80.6 Å². The SMILES string of the molecule is COCC1(C)NC(=O)[C@H](Cc2c[nH]c3ncccc23)NC(=O)[C@H]([C@@H](C)O)NC(=O)[C@@H]2CCCN2C(=O)[C@H](Cc2ccc(O)cc2)NC(=O)[C@H](C(C)(C)C)NC(=O)[C@@H](NC(C)=O)CSCc2cccc(c2)CSC[C@H](C(N)=O)NC(=O)[C@H]([C@@H](C)O)NC(=O)[C@](C)(C(C)C)NC(=O)[C@H](Cc2ccc(O)cc2)NC(=O)[C@H](C)NC1=O. The van der Waals surface area contributed by atoms with Gasteiger partial charge >= 0.3 is 0 Å². The van der Waals surface area contributed by atoms with Gasteiger partial charge in [-0.1, -0.05) is 83.1 Å². The van der Waals surface area contributed by atoms with Gasteiger partial charge < -0.3 is 99.3 Å². The van der Waals surface area contributed by atoms with E-state index >= 15 is 9.59 Å². The summed E-state index contributed by atoms with van der Waals surface area (Å²) in [5.74, 6) is -12.2. The number of methoxy groups -OCH3 is 1. The summed E-state index contributed by atoms with van der Waals surface area (Å²) in [6.07, 6.45) is -0.699. The molecule has 7 rings (SSSR count). The van der Waals surface area contributed by atoms with E-state index in [9.17, 15) is 73.2 Å². The van der Waals surface area contributed by atoms with Crippen LogP contribution >= 0.6 is 23.5 Å². The van der Waals surface area contributed by atoms with Gasteiger partial charge in [0.25, 0.3) is 0 Å². The summed E-state index contributed by atoms with van der Waals surface area (Å²) >= 11 is 2.51. The van der Waals surface area contributed by atoms with E-state index in [1.165, 1.54) is 132 Å². The molecule has 1 fully saturated rings. The molecule has 18 N–H and O–H groups in total. The molecule has 33 nitrogen and oxygen atoms in total. The third-order valence-electron chi connectivity index (χ3n) is 19.5. The average molecular weight is 1590 g/mol. The number of amides is 13. The van der Waals surface area contributed by atoms with Crippen LogP contribution in [0.25, 0.3) is 11.0 Å². The molecule has 2 aromatic heterocycles. The third-order valence-corrected chi connectivity index (χ3v) is 21.7. The largest absolute Gasteiger partial charge is 0.508 e. The van der Waals surface area contributed by atoms with Gasteiger partial charge in [0.1, 0.15) is 88.6 Å². The molecule has 5 aromatic rings. The van der Waals surface area contributed by atoms with Crippen molar-refractivity contribution in [1.82, 2.24) is 73.4 Å². The number of carbonyl (C=O) groups is 13. The van der Waals surface area contributed by atoms with Crippen molar-refractivity contribution in [2.45, 2.75) is 203 Å². The van der Waals surface area contributed by atoms with Crippen LogP contribution in [-0.2, 0) is 97.8 Å². The smallest absolute Gasteiger partial charge is 0.248 e. The van der Waals surface area contributed by atoms with Crippen LogP contribution < -0.4 is 64.2 Å². The molecular weight excluding hydrogens is 1490 g/mol. The van der Waals surface area contributed by atoms with Crippen molar-refractivity contribution in [2.24, 2.45) is 17.1 Å². The Morgan fingerprint density at radius 2 is 1.21 bits per heavy atom. The molecule has 35 heteroatoms. The lowest BCUT2D eigenvalue weighted by molar-refractivity contribution is -0.143. The minimum absolute atomic E-state index is 0.00887. The van der Waals surface area contributed by atoms with Gasteiger partial charge in [-0.15, -0.1) is 0 Å². The van der Waals surface area contributed by atoms with Crippen LogP contribution in [0.1, 0.15) is 117 Å². The molecule has 2 aliphatic rings. The first-order valence-corrected chi connectivity index (χ1v) is 39.0. The Balaban J connectivity index is 1.25. The zero-order valence-electron chi connectivity index (χ0n) is 64.8. The van der Waals surface area contributed by atoms with Crippen molar-refractivity contribution in [3.05, 3.63) is 125 Å². The number of ether oxygens (including phenoxy) is 1. The Bertz CT molecular complexity index is 4220. The Hall–Kier alpha value is -10.4. The van der Waals surface area contributed by atoms with Crippen molar-refractivity contribution < 1.29 is 87.5 Å². The maximum Gasteiger partial charge on any atom is 0.248 e. The number of fused-ring (bicyclic) bond motifs is 4. The zero-order chi connectivity index (χ0) is 82.7. The number of phenolic OH excluding ortho intramolecular Hbond substituents is 2. The number of nitrogens with zero attached hydrogens (tertiary/aromatic N) is 2. The molecule has 13 amide bonds. The number of pyridine rings is 1. The number of aromatic hydroxyl groups is 2. The molecule has 0 radical (unpaired) electrons. The molecule has 2 bridgehead atoms. The molecule has 1 saturated heterocycles. The monoisotopic (exact) mass is 1590 g/mol. The number of primary amides is 1. The summed E-state index contributed by atoms with van der Waals surface area (Å²) in [4.78, 5) is 196. The van der Waals surface area contributed by atoms with Crippen LogP contribution in [0.15, 0.2) is 97.3 Å². The maximum absolute atomic E-state index is 15.2. The molecule has 112 heavy (non-hydrogen) atoms. The van der Waals surface area contributed by atoms with Crippen LogP contribution in [0.2, 0.25) is 0 Å². The first-order chi connectivity index (χ1) is 52.7. The number of hydrogen-bond donors (Lipinski definition) is 17. The Morgan fingerprint density at radius 1 is 0.652 bits per heavy atom. The summed E-state index contributed by atoms with van der Waals surface area (Å²) < 4.78 is 5.47. The summed E-state index contributed by atoms with van der Waals surface area (Å²) in [6.45, 7) is 15.2. The standard InChI is InChI=1S/C77H105N15O18S2/c1-40(2)77(11)74(109)88-60(43(5)94)70(105)86-56(62(78)98)37-111-35-47-16-13-17-48(30-47)36-112-38-57(82-44(6)95)65(100)89-61(75(7,8)9)71(106)85-55(32-46-22-26-51(97)27-23-46)72(107)92-29-15-19-58(92)68(103)87-59(42(4)93)69(104)84-54(33-49-34-80-63-52(49)18-14-28-79-63)66(101)90-76(10,39-110-12)73(108)81-41(3)64(99)83-53(67(102)91-77)31-45-20-24-50(96)25-21-45/h13-14,16-18,20-28,30,34,40-43,53-61,93-94,96-97H,15,19,29,31-33,35-39H2,1-12H3,(H2,78,98)(H,79,80)(H,81,108)(H,82,95)(H,83,99)(H,84,104)(H,85,106)(H,86,105)(H,87,103)(H,88,109)(H,89,100)(H,90,101)(H,91,102)/t41-,42+,43+,53-,54-,55-,56+,57-,58-,59-,60-,61+,76?,77-/m0/s1. The highest BCUT2D eigenvalue weighted by molar-refractivity contribution is 7.98. The van der Waals surface area contributed by atoms with Gasteiger partial charge in [-0.05, 0) is 123 Å². The number of aliphatic hydroxyl groups excluding tert-OH is 2. The minimum Gasteiger partial charge on any atom is -0.508 e. The van der Waals surface area contributed by atoms with Crippen molar-refractivity contribution in [1.29, 1.82) is 0 Å². The second-order valence-corrected chi connectivity index (χ2v) is 32.2. The lowest BCUT2D eigenvalue weighted by Crippen LogP contribution is -2.67. The number of aromatic nitrogens is 2.